The third kappa shape index (κ3) is 4.66. The fraction of sp³-hybridized carbons (Fsp3) is 0.467. The normalized spacial score (nSPS) is 13.9. The van der Waals surface area contributed by atoms with Crippen molar-refractivity contribution in [1.82, 2.24) is 10.2 Å². The van der Waals surface area contributed by atoms with Gasteiger partial charge in [0.15, 0.2) is 6.61 Å². The Bertz CT molecular complexity index is 499. The fourth-order valence-corrected chi connectivity index (χ4v) is 2.20. The smallest absolute Gasteiger partial charge is 0.319 e. The average Bonchev–Trinajstić information content (AvgIpc) is 2.99. The van der Waals surface area contributed by atoms with Crippen LogP contribution in [0.1, 0.15) is 19.8 Å². The van der Waals surface area contributed by atoms with Crippen LogP contribution in [0.5, 0.6) is 5.75 Å². The first kappa shape index (κ1) is 15.2. The predicted octanol–water partition coefficient (Wildman–Crippen LogP) is 1.83. The van der Waals surface area contributed by atoms with Crippen molar-refractivity contribution >= 4 is 17.6 Å². The van der Waals surface area contributed by atoms with E-state index in [0.717, 1.165) is 25.9 Å². The van der Waals surface area contributed by atoms with Crippen LogP contribution < -0.4 is 15.4 Å². The molecule has 1 heterocycles. The van der Waals surface area contributed by atoms with Gasteiger partial charge in [-0.25, -0.2) is 4.79 Å². The molecule has 0 aromatic heterocycles. The lowest BCUT2D eigenvalue weighted by molar-refractivity contribution is -0.132. The molecule has 1 aliphatic heterocycles. The van der Waals surface area contributed by atoms with Gasteiger partial charge in [-0.15, -0.1) is 0 Å². The van der Waals surface area contributed by atoms with Gasteiger partial charge in [-0.3, -0.25) is 4.79 Å². The summed E-state index contributed by atoms with van der Waals surface area (Å²) < 4.78 is 5.50. The number of benzene rings is 1. The summed E-state index contributed by atoms with van der Waals surface area (Å²) in [5, 5.41) is 5.35. The third-order valence-electron chi connectivity index (χ3n) is 3.25. The minimum atomic E-state index is -0.261. The maximum atomic E-state index is 11.9. The van der Waals surface area contributed by atoms with Crippen LogP contribution >= 0.6 is 0 Å². The van der Waals surface area contributed by atoms with Crippen LogP contribution in [-0.2, 0) is 4.79 Å². The summed E-state index contributed by atoms with van der Waals surface area (Å²) in [6.07, 6.45) is 2.13. The molecule has 0 unspecified atom stereocenters. The molecule has 3 amide bonds. The van der Waals surface area contributed by atoms with Crippen molar-refractivity contribution in [3.05, 3.63) is 24.3 Å². The van der Waals surface area contributed by atoms with Crippen LogP contribution in [0.25, 0.3) is 0 Å². The highest BCUT2D eigenvalue weighted by Crippen LogP contribution is 2.17. The SMILES string of the molecule is CCNC(=O)Nc1cccc(OCC(=O)N2CCCC2)c1. The van der Waals surface area contributed by atoms with E-state index in [1.54, 1.807) is 24.3 Å². The molecule has 1 aliphatic rings. The van der Waals surface area contributed by atoms with E-state index < -0.39 is 0 Å². The monoisotopic (exact) mass is 291 g/mol. The van der Waals surface area contributed by atoms with Crippen LogP contribution in [0.15, 0.2) is 24.3 Å². The first-order valence-corrected chi connectivity index (χ1v) is 7.24. The quantitative estimate of drug-likeness (QED) is 0.869. The molecule has 6 nitrogen and oxygen atoms in total. The molecule has 0 aliphatic carbocycles. The van der Waals surface area contributed by atoms with Gasteiger partial charge in [-0.1, -0.05) is 6.07 Å². The summed E-state index contributed by atoms with van der Waals surface area (Å²) in [4.78, 5) is 25.1. The molecule has 1 fully saturated rings. The molecule has 6 heteroatoms. The Morgan fingerprint density at radius 2 is 2.05 bits per heavy atom. The molecule has 1 aromatic rings. The molecule has 1 saturated heterocycles. The zero-order chi connectivity index (χ0) is 15.1. The molecular formula is C15H21N3O3. The van der Waals surface area contributed by atoms with E-state index in [-0.39, 0.29) is 18.5 Å². The Hall–Kier alpha value is -2.24. The Labute approximate surface area is 124 Å². The Kier molecular flexibility index (Phi) is 5.43. The zero-order valence-electron chi connectivity index (χ0n) is 12.2. The van der Waals surface area contributed by atoms with Crippen molar-refractivity contribution in [3.8, 4) is 5.75 Å². The van der Waals surface area contributed by atoms with Crippen LogP contribution in [0.2, 0.25) is 0 Å². The highest BCUT2D eigenvalue weighted by atomic mass is 16.5. The standard InChI is InChI=1S/C15H21N3O3/c1-2-16-15(20)17-12-6-5-7-13(10-12)21-11-14(19)18-8-3-4-9-18/h5-7,10H,2-4,8-9,11H2,1H3,(H2,16,17,20). The number of ether oxygens (including phenoxy) is 1. The van der Waals surface area contributed by atoms with E-state index >= 15 is 0 Å². The van der Waals surface area contributed by atoms with Crippen molar-refractivity contribution < 1.29 is 14.3 Å². The molecule has 0 spiro atoms. The van der Waals surface area contributed by atoms with Crippen molar-refractivity contribution in [2.45, 2.75) is 19.8 Å². The van der Waals surface area contributed by atoms with Gasteiger partial charge in [0.05, 0.1) is 0 Å². The van der Waals surface area contributed by atoms with Crippen molar-refractivity contribution in [1.29, 1.82) is 0 Å². The van der Waals surface area contributed by atoms with E-state index in [1.165, 1.54) is 0 Å². The van der Waals surface area contributed by atoms with Gasteiger partial charge in [0.25, 0.3) is 5.91 Å². The Balaban J connectivity index is 1.85. The summed E-state index contributed by atoms with van der Waals surface area (Å²) >= 11 is 0. The topological polar surface area (TPSA) is 70.7 Å². The summed E-state index contributed by atoms with van der Waals surface area (Å²) in [5.41, 5.74) is 0.632. The molecule has 21 heavy (non-hydrogen) atoms. The molecule has 0 atom stereocenters. The first-order valence-electron chi connectivity index (χ1n) is 7.24. The zero-order valence-corrected chi connectivity index (χ0v) is 12.2. The maximum absolute atomic E-state index is 11.9. The van der Waals surface area contributed by atoms with E-state index in [1.807, 2.05) is 11.8 Å². The number of carbonyl (C=O) groups excluding carboxylic acids is 2. The van der Waals surface area contributed by atoms with E-state index in [9.17, 15) is 9.59 Å². The van der Waals surface area contributed by atoms with Crippen LogP contribution in [0, 0.1) is 0 Å². The second-order valence-electron chi connectivity index (χ2n) is 4.89. The number of carbonyl (C=O) groups is 2. The van der Waals surface area contributed by atoms with E-state index in [0.29, 0.717) is 18.0 Å². The number of anilines is 1. The third-order valence-corrected chi connectivity index (χ3v) is 3.25. The molecule has 114 valence electrons. The lowest BCUT2D eigenvalue weighted by Gasteiger charge is -2.15. The summed E-state index contributed by atoms with van der Waals surface area (Å²) in [6, 6.07) is 6.75. The maximum Gasteiger partial charge on any atom is 0.319 e. The Morgan fingerprint density at radius 1 is 1.29 bits per heavy atom. The van der Waals surface area contributed by atoms with Gasteiger partial charge in [-0.2, -0.15) is 0 Å². The summed E-state index contributed by atoms with van der Waals surface area (Å²) in [7, 11) is 0. The number of likely N-dealkylation sites (tertiary alicyclic amines) is 1. The van der Waals surface area contributed by atoms with Gasteiger partial charge < -0.3 is 20.3 Å². The fourth-order valence-electron chi connectivity index (χ4n) is 2.20. The number of hydrogen-bond acceptors (Lipinski definition) is 3. The van der Waals surface area contributed by atoms with Gasteiger partial charge >= 0.3 is 6.03 Å². The lowest BCUT2D eigenvalue weighted by Crippen LogP contribution is -2.32. The molecular weight excluding hydrogens is 270 g/mol. The second kappa shape index (κ2) is 7.52. The van der Waals surface area contributed by atoms with Crippen LogP contribution in [0.4, 0.5) is 10.5 Å². The molecule has 0 bridgehead atoms. The number of hydrogen-bond donors (Lipinski definition) is 2. The number of urea groups is 1. The van der Waals surface area contributed by atoms with Crippen LogP contribution in [-0.4, -0.2) is 43.1 Å². The van der Waals surface area contributed by atoms with Gasteiger partial charge in [-0.05, 0) is 31.9 Å². The van der Waals surface area contributed by atoms with Crippen molar-refractivity contribution in [2.75, 3.05) is 31.6 Å². The minimum absolute atomic E-state index is 0.00888. The van der Waals surface area contributed by atoms with Crippen molar-refractivity contribution in [3.63, 3.8) is 0 Å². The van der Waals surface area contributed by atoms with Gasteiger partial charge in [0.1, 0.15) is 5.75 Å². The predicted molar refractivity (Wildman–Crippen MR) is 80.4 cm³/mol. The number of rotatable bonds is 5. The highest BCUT2D eigenvalue weighted by Gasteiger charge is 2.18. The van der Waals surface area contributed by atoms with Crippen LogP contribution in [0.3, 0.4) is 0 Å². The number of nitrogens with zero attached hydrogens (tertiary/aromatic N) is 1. The minimum Gasteiger partial charge on any atom is -0.484 e. The number of nitrogens with one attached hydrogen (secondary N) is 2. The summed E-state index contributed by atoms with van der Waals surface area (Å²) in [5.74, 6) is 0.575. The largest absolute Gasteiger partial charge is 0.484 e. The Morgan fingerprint density at radius 3 is 2.76 bits per heavy atom. The number of amides is 3. The average molecular weight is 291 g/mol. The van der Waals surface area contributed by atoms with E-state index in [4.69, 9.17) is 4.74 Å². The first-order chi connectivity index (χ1) is 10.2. The molecule has 2 rings (SSSR count). The highest BCUT2D eigenvalue weighted by molar-refractivity contribution is 5.89. The second-order valence-corrected chi connectivity index (χ2v) is 4.89. The van der Waals surface area contributed by atoms with Crippen molar-refractivity contribution in [2.24, 2.45) is 0 Å². The summed E-state index contributed by atoms with van der Waals surface area (Å²) in [6.45, 7) is 4.09. The molecule has 0 radical (unpaired) electrons. The lowest BCUT2D eigenvalue weighted by atomic mass is 10.3. The van der Waals surface area contributed by atoms with Gasteiger partial charge in [0, 0.05) is 31.4 Å². The molecule has 1 aromatic carbocycles. The molecule has 0 saturated carbocycles. The molecule has 2 N–H and O–H groups in total. The van der Waals surface area contributed by atoms with E-state index in [2.05, 4.69) is 10.6 Å². The van der Waals surface area contributed by atoms with Gasteiger partial charge in [0.2, 0.25) is 0 Å².